The fraction of sp³-hybridized carbons (Fsp3) is 0.350. The number of aromatic nitrogens is 2. The van der Waals surface area contributed by atoms with E-state index in [1.54, 1.807) is 23.0 Å². The molecule has 152 valence electrons. The Labute approximate surface area is 168 Å². The Morgan fingerprint density at radius 2 is 1.86 bits per heavy atom. The van der Waals surface area contributed by atoms with Crippen LogP contribution >= 0.6 is 0 Å². The fourth-order valence-corrected chi connectivity index (χ4v) is 2.41. The molecule has 1 aromatic carbocycles. The van der Waals surface area contributed by atoms with E-state index in [2.05, 4.69) is 15.7 Å². The number of esters is 1. The lowest BCUT2D eigenvalue weighted by atomic mass is 10.2. The van der Waals surface area contributed by atoms with Crippen LogP contribution in [0.25, 0.3) is 0 Å². The van der Waals surface area contributed by atoms with Crippen molar-refractivity contribution in [3.63, 3.8) is 0 Å². The minimum Gasteiger partial charge on any atom is -0.449 e. The zero-order valence-electron chi connectivity index (χ0n) is 16.5. The molecule has 2 rings (SSSR count). The molecule has 0 aliphatic heterocycles. The van der Waals surface area contributed by atoms with E-state index in [1.165, 1.54) is 31.2 Å². The molecule has 2 aromatic rings. The normalized spacial score (nSPS) is 12.3. The average Bonchev–Trinajstić information content (AvgIpc) is 3.16. The number of hydrogen-bond donors (Lipinski definition) is 2. The third-order valence-corrected chi connectivity index (χ3v) is 4.23. The Bertz CT molecular complexity index is 914. The fourth-order valence-electron chi connectivity index (χ4n) is 2.41. The average molecular weight is 397 g/mol. The topological polar surface area (TPSA) is 126 Å². The maximum atomic E-state index is 12.4. The molecular weight excluding hydrogens is 374 g/mol. The number of amides is 2. The minimum absolute atomic E-state index is 0.116. The molecule has 0 unspecified atom stereocenters. The van der Waals surface area contributed by atoms with Gasteiger partial charge in [0.25, 0.3) is 5.91 Å². The highest BCUT2D eigenvalue weighted by atomic mass is 16.5. The van der Waals surface area contributed by atoms with Crippen molar-refractivity contribution >= 4 is 29.3 Å². The van der Waals surface area contributed by atoms with E-state index in [0.29, 0.717) is 11.5 Å². The molecule has 0 saturated carbocycles. The number of ether oxygens (including phenoxy) is 1. The van der Waals surface area contributed by atoms with E-state index in [1.807, 2.05) is 13.8 Å². The molecule has 0 aliphatic rings. The predicted octanol–water partition coefficient (Wildman–Crippen LogP) is 2.89. The second-order valence-corrected chi connectivity index (χ2v) is 6.42. The lowest BCUT2D eigenvalue weighted by molar-refractivity contribution is -0.123. The van der Waals surface area contributed by atoms with Crippen LogP contribution in [0, 0.1) is 11.3 Å². The molecule has 0 radical (unpaired) electrons. The van der Waals surface area contributed by atoms with Crippen LogP contribution in [0.3, 0.4) is 0 Å². The highest BCUT2D eigenvalue weighted by Crippen LogP contribution is 2.17. The number of carbonyl (C=O) groups excluding carboxylic acids is 3. The Hall–Kier alpha value is -3.67. The summed E-state index contributed by atoms with van der Waals surface area (Å²) in [6.45, 7) is 5.48. The smallest absolute Gasteiger partial charge is 0.338 e. The third-order valence-electron chi connectivity index (χ3n) is 4.23. The number of rotatable bonds is 8. The first-order valence-electron chi connectivity index (χ1n) is 9.18. The second-order valence-electron chi connectivity index (χ2n) is 6.42. The molecule has 0 saturated heterocycles. The Balaban J connectivity index is 1.94. The Kier molecular flexibility index (Phi) is 7.48. The van der Waals surface area contributed by atoms with E-state index in [4.69, 9.17) is 10.00 Å². The van der Waals surface area contributed by atoms with Gasteiger partial charge in [0.05, 0.1) is 23.9 Å². The minimum atomic E-state index is -1.02. The lowest BCUT2D eigenvalue weighted by Gasteiger charge is -2.17. The van der Waals surface area contributed by atoms with Gasteiger partial charge >= 0.3 is 5.97 Å². The van der Waals surface area contributed by atoms with Crippen molar-refractivity contribution in [2.75, 3.05) is 10.6 Å². The predicted molar refractivity (Wildman–Crippen MR) is 106 cm³/mol. The van der Waals surface area contributed by atoms with Gasteiger partial charge in [0.1, 0.15) is 12.2 Å². The zero-order chi connectivity index (χ0) is 21.4. The molecule has 0 bridgehead atoms. The molecule has 2 atom stereocenters. The standard InChI is InChI=1S/C20H23N5O4/c1-4-13(2)25-17(10-12-22-25)24-19(27)14(3)29-20(28)15-5-7-16(8-6-15)23-18(26)9-11-21/h5-8,10,12-14H,4,9H2,1-3H3,(H,23,26)(H,24,27)/t13-,14-/m1/s1. The molecule has 1 aromatic heterocycles. The summed E-state index contributed by atoms with van der Waals surface area (Å²) < 4.78 is 6.92. The van der Waals surface area contributed by atoms with Gasteiger partial charge in [-0.1, -0.05) is 6.92 Å². The molecule has 0 fully saturated rings. The van der Waals surface area contributed by atoms with Crippen molar-refractivity contribution in [1.82, 2.24) is 9.78 Å². The van der Waals surface area contributed by atoms with E-state index >= 15 is 0 Å². The van der Waals surface area contributed by atoms with Gasteiger partial charge in [0.2, 0.25) is 5.91 Å². The summed E-state index contributed by atoms with van der Waals surface area (Å²) in [5.41, 5.74) is 0.679. The molecule has 0 aliphatic carbocycles. The van der Waals surface area contributed by atoms with Crippen LogP contribution in [0.15, 0.2) is 36.5 Å². The summed E-state index contributed by atoms with van der Waals surface area (Å²) in [4.78, 5) is 36.0. The van der Waals surface area contributed by atoms with Crippen molar-refractivity contribution in [3.8, 4) is 6.07 Å². The van der Waals surface area contributed by atoms with E-state index in [-0.39, 0.29) is 18.0 Å². The highest BCUT2D eigenvalue weighted by Gasteiger charge is 2.21. The maximum Gasteiger partial charge on any atom is 0.338 e. The molecular formula is C20H23N5O4. The van der Waals surface area contributed by atoms with Crippen LogP contribution in [0.2, 0.25) is 0 Å². The van der Waals surface area contributed by atoms with Crippen LogP contribution in [0.5, 0.6) is 0 Å². The summed E-state index contributed by atoms with van der Waals surface area (Å²) in [5.74, 6) is -1.05. The first kappa shape index (κ1) is 21.6. The van der Waals surface area contributed by atoms with Crippen molar-refractivity contribution in [3.05, 3.63) is 42.1 Å². The summed E-state index contributed by atoms with van der Waals surface area (Å²) >= 11 is 0. The van der Waals surface area contributed by atoms with Crippen LogP contribution in [-0.2, 0) is 14.3 Å². The number of hydrogen-bond acceptors (Lipinski definition) is 6. The van der Waals surface area contributed by atoms with Crippen LogP contribution in [0.4, 0.5) is 11.5 Å². The number of nitrogens with zero attached hydrogens (tertiary/aromatic N) is 3. The van der Waals surface area contributed by atoms with Crippen molar-refractivity contribution in [2.24, 2.45) is 0 Å². The van der Waals surface area contributed by atoms with Gasteiger partial charge in [0.15, 0.2) is 6.10 Å². The van der Waals surface area contributed by atoms with Gasteiger partial charge in [-0.25, -0.2) is 9.48 Å². The number of anilines is 2. The Morgan fingerprint density at radius 1 is 1.17 bits per heavy atom. The largest absolute Gasteiger partial charge is 0.449 e. The lowest BCUT2D eigenvalue weighted by Crippen LogP contribution is -2.31. The summed E-state index contributed by atoms with van der Waals surface area (Å²) in [6.07, 6.45) is 1.17. The zero-order valence-corrected chi connectivity index (χ0v) is 16.5. The van der Waals surface area contributed by atoms with Crippen molar-refractivity contribution < 1.29 is 19.1 Å². The number of nitrogens with one attached hydrogen (secondary N) is 2. The molecule has 0 spiro atoms. The molecule has 9 nitrogen and oxygen atoms in total. The number of carbonyl (C=O) groups is 3. The molecule has 29 heavy (non-hydrogen) atoms. The molecule has 9 heteroatoms. The van der Waals surface area contributed by atoms with Crippen molar-refractivity contribution in [2.45, 2.75) is 45.8 Å². The van der Waals surface area contributed by atoms with Gasteiger partial charge in [-0.15, -0.1) is 0 Å². The van der Waals surface area contributed by atoms with Gasteiger partial charge < -0.3 is 15.4 Å². The maximum absolute atomic E-state index is 12.4. The Morgan fingerprint density at radius 3 is 2.48 bits per heavy atom. The summed E-state index contributed by atoms with van der Waals surface area (Å²) in [7, 11) is 0. The quantitative estimate of drug-likeness (QED) is 0.660. The van der Waals surface area contributed by atoms with E-state index in [0.717, 1.165) is 6.42 Å². The van der Waals surface area contributed by atoms with E-state index < -0.39 is 23.9 Å². The van der Waals surface area contributed by atoms with Gasteiger partial charge in [0, 0.05) is 11.8 Å². The molecule has 2 amide bonds. The van der Waals surface area contributed by atoms with Crippen LogP contribution in [-0.4, -0.2) is 33.7 Å². The number of nitriles is 1. The monoisotopic (exact) mass is 397 g/mol. The second kappa shape index (κ2) is 10.0. The summed E-state index contributed by atoms with van der Waals surface area (Å²) in [6, 6.07) is 9.50. The van der Waals surface area contributed by atoms with Crippen molar-refractivity contribution in [1.29, 1.82) is 5.26 Å². The molecule has 1 heterocycles. The first-order valence-corrected chi connectivity index (χ1v) is 9.18. The SMILES string of the molecule is CC[C@@H](C)n1nccc1NC(=O)[C@@H](C)OC(=O)c1ccc(NC(=O)CC#N)cc1. The number of benzene rings is 1. The van der Waals surface area contributed by atoms with Gasteiger partial charge in [-0.3, -0.25) is 9.59 Å². The van der Waals surface area contributed by atoms with Gasteiger partial charge in [-0.05, 0) is 44.5 Å². The summed E-state index contributed by atoms with van der Waals surface area (Å²) in [5, 5.41) is 17.9. The first-order chi connectivity index (χ1) is 13.8. The van der Waals surface area contributed by atoms with Gasteiger partial charge in [-0.2, -0.15) is 10.4 Å². The van der Waals surface area contributed by atoms with E-state index in [9.17, 15) is 14.4 Å². The highest BCUT2D eigenvalue weighted by molar-refractivity contribution is 5.97. The third kappa shape index (κ3) is 5.90. The van der Waals surface area contributed by atoms with Crippen LogP contribution in [0.1, 0.15) is 50.0 Å². The van der Waals surface area contributed by atoms with Crippen LogP contribution < -0.4 is 10.6 Å². The molecule has 2 N–H and O–H groups in total.